The van der Waals surface area contributed by atoms with Gasteiger partial charge in [0.15, 0.2) is 12.3 Å². The molecule has 0 bridgehead atoms. The normalized spacial score (nSPS) is 22.5. The van der Waals surface area contributed by atoms with Crippen LogP contribution in [0.2, 0.25) is 0 Å². The van der Waals surface area contributed by atoms with Gasteiger partial charge in [-0.05, 0) is 5.56 Å². The van der Waals surface area contributed by atoms with Gasteiger partial charge < -0.3 is 9.05 Å². The van der Waals surface area contributed by atoms with Crippen LogP contribution in [-0.2, 0) is 19.6 Å². The molecule has 1 fully saturated rings. The maximum atomic E-state index is 11.7. The van der Waals surface area contributed by atoms with Gasteiger partial charge in [-0.3, -0.25) is 4.79 Å². The molecule has 19 heavy (non-hydrogen) atoms. The van der Waals surface area contributed by atoms with E-state index < -0.39 is 7.05 Å². The zero-order chi connectivity index (χ0) is 14.0. The van der Waals surface area contributed by atoms with E-state index >= 15 is 0 Å². The van der Waals surface area contributed by atoms with Crippen molar-refractivity contribution in [1.82, 2.24) is 0 Å². The summed E-state index contributed by atoms with van der Waals surface area (Å²) in [6, 6.07) is 7.82. The van der Waals surface area contributed by atoms with Crippen LogP contribution in [-0.4, -0.2) is 43.3 Å². The van der Waals surface area contributed by atoms with E-state index in [9.17, 15) is 9.59 Å². The van der Waals surface area contributed by atoms with Crippen LogP contribution in [0.25, 0.3) is 0 Å². The minimum absolute atomic E-state index is 0.0575. The van der Waals surface area contributed by atoms with Gasteiger partial charge in [0, 0.05) is 17.7 Å². The largest absolute Gasteiger partial charge is 0.680 e. The number of benzene rings is 1. The Bertz CT molecular complexity index is 522. The molecule has 0 saturated carbocycles. The predicted octanol–water partition coefficient (Wildman–Crippen LogP) is 0.869. The molecule has 6 heteroatoms. The highest BCUT2D eigenvalue weighted by molar-refractivity contribution is 9.08. The molecule has 1 saturated heterocycles. The topological polar surface area (TPSA) is 43.4 Å². The molecule has 4 nitrogen and oxygen atoms in total. The van der Waals surface area contributed by atoms with Gasteiger partial charge in [0.2, 0.25) is 0 Å². The van der Waals surface area contributed by atoms with E-state index in [0.29, 0.717) is 11.9 Å². The first kappa shape index (κ1) is 14.3. The lowest BCUT2D eigenvalue weighted by atomic mass is 9.67. The number of hydrogen-bond donors (Lipinski definition) is 0. The summed E-state index contributed by atoms with van der Waals surface area (Å²) in [6.07, 6.45) is 0. The number of Topliss-reactive ketones (excluding diaryl/α,β-unsaturated/α-hetero) is 1. The number of carbonyl (C=O) groups excluding carboxylic acids is 2. The van der Waals surface area contributed by atoms with E-state index in [0.717, 1.165) is 11.0 Å². The number of alkyl halides is 1. The number of carbonyl (C=O) groups is 2. The van der Waals surface area contributed by atoms with Crippen LogP contribution in [0.15, 0.2) is 24.3 Å². The van der Waals surface area contributed by atoms with Crippen LogP contribution >= 0.6 is 15.9 Å². The second-order valence-corrected chi connectivity index (χ2v) is 5.73. The zero-order valence-corrected chi connectivity index (χ0v) is 12.6. The Hall–Kier alpha value is -1.14. The first-order valence-electron chi connectivity index (χ1n) is 6.13. The molecule has 0 N–H and O–H groups in total. The Labute approximate surface area is 121 Å². The van der Waals surface area contributed by atoms with Crippen molar-refractivity contribution >= 4 is 40.2 Å². The summed E-state index contributed by atoms with van der Waals surface area (Å²) in [5.41, 5.74) is 2.05. The van der Waals surface area contributed by atoms with Gasteiger partial charge in [0.05, 0.1) is 7.05 Å². The van der Waals surface area contributed by atoms with E-state index in [1.54, 1.807) is 6.92 Å². The highest BCUT2D eigenvalue weighted by Gasteiger charge is 2.55. The number of halogens is 1. The maximum absolute atomic E-state index is 11.7. The minimum Gasteiger partial charge on any atom is -0.473 e. The van der Waals surface area contributed by atoms with Gasteiger partial charge >= 0.3 is 13.0 Å². The van der Waals surface area contributed by atoms with Crippen molar-refractivity contribution in [3.05, 3.63) is 29.8 Å². The Morgan fingerprint density at radius 2 is 2.16 bits per heavy atom. The van der Waals surface area contributed by atoms with E-state index in [-0.39, 0.29) is 22.7 Å². The minimum atomic E-state index is -0.398. The van der Waals surface area contributed by atoms with Gasteiger partial charge in [-0.2, -0.15) is 0 Å². The average molecular weight is 325 g/mol. The van der Waals surface area contributed by atoms with E-state index in [1.165, 1.54) is 0 Å². The molecule has 1 atom stereocenters. The zero-order valence-electron chi connectivity index (χ0n) is 11.1. The van der Waals surface area contributed by atoms with Crippen molar-refractivity contribution in [2.24, 2.45) is 0 Å². The molecule has 1 aliphatic rings. The highest BCUT2D eigenvalue weighted by atomic mass is 79.9. The molecule has 100 valence electrons. The summed E-state index contributed by atoms with van der Waals surface area (Å²) in [4.78, 5) is 23.1. The number of rotatable bonds is 4. The SMILES string of the molecule is CC(=O)C[N+]1(C)CC(=O)OB1c1ccccc1CBr. The fourth-order valence-electron chi connectivity index (χ4n) is 2.61. The molecule has 1 heterocycles. The molecule has 1 aromatic rings. The highest BCUT2D eigenvalue weighted by Crippen LogP contribution is 2.18. The predicted molar refractivity (Wildman–Crippen MR) is 77.2 cm³/mol. The summed E-state index contributed by atoms with van der Waals surface area (Å²) in [7, 11) is 1.49. The Morgan fingerprint density at radius 1 is 1.47 bits per heavy atom. The van der Waals surface area contributed by atoms with Crippen LogP contribution < -0.4 is 5.46 Å². The Kier molecular flexibility index (Phi) is 4.11. The molecule has 2 rings (SSSR count). The lowest BCUT2D eigenvalue weighted by molar-refractivity contribution is -0.785. The van der Waals surface area contributed by atoms with Crippen molar-refractivity contribution in [2.75, 3.05) is 20.1 Å². The van der Waals surface area contributed by atoms with E-state index in [4.69, 9.17) is 4.65 Å². The fourth-order valence-corrected chi connectivity index (χ4v) is 3.12. The third kappa shape index (κ3) is 2.90. The number of quaternary nitrogens is 1. The van der Waals surface area contributed by atoms with Crippen LogP contribution in [0.5, 0.6) is 0 Å². The molecule has 0 radical (unpaired) electrons. The van der Waals surface area contributed by atoms with Gasteiger partial charge in [-0.15, -0.1) is 0 Å². The molecule has 0 aliphatic carbocycles. The van der Waals surface area contributed by atoms with Crippen LogP contribution in [0.4, 0.5) is 0 Å². The fraction of sp³-hybridized carbons (Fsp3) is 0.385. The molecule has 1 aliphatic heterocycles. The molecule has 0 amide bonds. The number of ketones is 1. The third-order valence-corrected chi connectivity index (χ3v) is 3.95. The van der Waals surface area contributed by atoms with Crippen LogP contribution in [0.3, 0.4) is 0 Å². The van der Waals surface area contributed by atoms with Crippen LogP contribution in [0.1, 0.15) is 12.5 Å². The Morgan fingerprint density at radius 3 is 2.79 bits per heavy atom. The number of likely N-dealkylation sites (N-methyl/N-ethyl adjacent to an activating group) is 1. The number of hydrogen-bond acceptors (Lipinski definition) is 3. The first-order valence-corrected chi connectivity index (χ1v) is 7.25. The molecule has 0 spiro atoms. The van der Waals surface area contributed by atoms with Crippen molar-refractivity contribution in [3.63, 3.8) is 0 Å². The lowest BCUT2D eigenvalue weighted by Crippen LogP contribution is -2.60. The molecular weight excluding hydrogens is 309 g/mol. The summed E-state index contributed by atoms with van der Waals surface area (Å²) in [5, 5.41) is 0.692. The monoisotopic (exact) mass is 324 g/mol. The standard InChI is InChI=1S/C13H16BBrNO3/c1-10(17)8-16(2)9-13(18)19-14(16)12-6-4-3-5-11(12)7-15/h3-6H,7-9H2,1-2H3/q+1. The quantitative estimate of drug-likeness (QED) is 0.610. The van der Waals surface area contributed by atoms with Crippen molar-refractivity contribution in [3.8, 4) is 0 Å². The second-order valence-electron chi connectivity index (χ2n) is 5.17. The van der Waals surface area contributed by atoms with Crippen LogP contribution in [0, 0.1) is 0 Å². The van der Waals surface area contributed by atoms with E-state index in [1.807, 2.05) is 31.3 Å². The van der Waals surface area contributed by atoms with Gasteiger partial charge in [0.1, 0.15) is 6.54 Å². The van der Waals surface area contributed by atoms with E-state index in [2.05, 4.69) is 15.9 Å². The average Bonchev–Trinajstić information content (AvgIpc) is 2.63. The smallest absolute Gasteiger partial charge is 0.473 e. The second kappa shape index (κ2) is 5.47. The summed E-state index contributed by atoms with van der Waals surface area (Å²) in [5.74, 6) is -0.194. The summed E-state index contributed by atoms with van der Waals surface area (Å²) < 4.78 is 5.76. The lowest BCUT2D eigenvalue weighted by Gasteiger charge is -2.29. The van der Waals surface area contributed by atoms with Gasteiger partial charge in [-0.25, -0.2) is 4.79 Å². The van der Waals surface area contributed by atoms with Crippen molar-refractivity contribution in [2.45, 2.75) is 12.3 Å². The Balaban J connectivity index is 2.41. The molecular formula is C13H16BBrNO3+. The molecule has 1 aromatic carbocycles. The number of nitrogens with zero attached hydrogens (tertiary/aromatic N) is 1. The van der Waals surface area contributed by atoms with Gasteiger partial charge in [0.25, 0.3) is 0 Å². The third-order valence-electron chi connectivity index (χ3n) is 3.35. The maximum Gasteiger partial charge on any atom is 0.680 e. The van der Waals surface area contributed by atoms with Crippen molar-refractivity contribution in [1.29, 1.82) is 0 Å². The molecule has 0 aromatic heterocycles. The van der Waals surface area contributed by atoms with Gasteiger partial charge in [-0.1, -0.05) is 40.2 Å². The molecule has 1 unspecified atom stereocenters. The first-order chi connectivity index (χ1) is 8.96. The summed E-state index contributed by atoms with van der Waals surface area (Å²) in [6.45, 7) is 2.08. The summed E-state index contributed by atoms with van der Waals surface area (Å²) >= 11 is 3.44. The van der Waals surface area contributed by atoms with Crippen molar-refractivity contribution < 1.29 is 18.6 Å².